The fourth-order valence-corrected chi connectivity index (χ4v) is 3.30. The van der Waals surface area contributed by atoms with E-state index in [0.29, 0.717) is 18.4 Å². The van der Waals surface area contributed by atoms with E-state index in [-0.39, 0.29) is 11.4 Å². The standard InChI is InChI=1S/C16H32N2O/c1-4-16(5-2,6-3)18-15(19)11-10-13-8-7-9-14(17)12-13/h13-14H,4-12,17H2,1-3H3,(H,18,19). The van der Waals surface area contributed by atoms with Gasteiger partial charge in [0, 0.05) is 18.0 Å². The van der Waals surface area contributed by atoms with Gasteiger partial charge in [-0.3, -0.25) is 4.79 Å². The van der Waals surface area contributed by atoms with E-state index in [9.17, 15) is 4.79 Å². The third-order valence-corrected chi connectivity index (χ3v) is 5.04. The van der Waals surface area contributed by atoms with Crippen LogP contribution in [0.5, 0.6) is 0 Å². The number of amides is 1. The molecule has 3 N–H and O–H groups in total. The molecule has 1 saturated carbocycles. The van der Waals surface area contributed by atoms with Crippen LogP contribution in [0.15, 0.2) is 0 Å². The molecule has 19 heavy (non-hydrogen) atoms. The molecule has 2 unspecified atom stereocenters. The molecule has 3 heteroatoms. The highest BCUT2D eigenvalue weighted by Crippen LogP contribution is 2.27. The Morgan fingerprint density at radius 2 is 1.84 bits per heavy atom. The summed E-state index contributed by atoms with van der Waals surface area (Å²) in [7, 11) is 0. The number of nitrogens with one attached hydrogen (secondary N) is 1. The number of hydrogen-bond acceptors (Lipinski definition) is 2. The van der Waals surface area contributed by atoms with Crippen LogP contribution in [0.4, 0.5) is 0 Å². The average molecular weight is 268 g/mol. The van der Waals surface area contributed by atoms with Crippen molar-refractivity contribution in [2.45, 2.75) is 90.1 Å². The predicted molar refractivity (Wildman–Crippen MR) is 80.9 cm³/mol. The van der Waals surface area contributed by atoms with Gasteiger partial charge in [-0.2, -0.15) is 0 Å². The Morgan fingerprint density at radius 1 is 1.21 bits per heavy atom. The van der Waals surface area contributed by atoms with E-state index in [0.717, 1.165) is 38.5 Å². The maximum absolute atomic E-state index is 12.1. The highest BCUT2D eigenvalue weighted by Gasteiger charge is 2.26. The van der Waals surface area contributed by atoms with Gasteiger partial charge in [-0.25, -0.2) is 0 Å². The Labute approximate surface area is 118 Å². The van der Waals surface area contributed by atoms with Crippen molar-refractivity contribution in [1.82, 2.24) is 5.32 Å². The maximum Gasteiger partial charge on any atom is 0.220 e. The van der Waals surface area contributed by atoms with Gasteiger partial charge in [0.05, 0.1) is 0 Å². The Balaban J connectivity index is 2.34. The summed E-state index contributed by atoms with van der Waals surface area (Å²) < 4.78 is 0. The summed E-state index contributed by atoms with van der Waals surface area (Å²) in [4.78, 5) is 12.1. The molecule has 112 valence electrons. The van der Waals surface area contributed by atoms with Gasteiger partial charge in [0.2, 0.25) is 5.91 Å². The van der Waals surface area contributed by atoms with E-state index in [2.05, 4.69) is 26.1 Å². The van der Waals surface area contributed by atoms with Crippen molar-refractivity contribution in [2.75, 3.05) is 0 Å². The average Bonchev–Trinajstić information content (AvgIpc) is 2.43. The fraction of sp³-hybridized carbons (Fsp3) is 0.938. The fourth-order valence-electron chi connectivity index (χ4n) is 3.30. The smallest absolute Gasteiger partial charge is 0.220 e. The lowest BCUT2D eigenvalue weighted by molar-refractivity contribution is -0.123. The number of carbonyl (C=O) groups is 1. The van der Waals surface area contributed by atoms with Crippen molar-refractivity contribution in [2.24, 2.45) is 11.7 Å². The van der Waals surface area contributed by atoms with Crippen LogP contribution in [-0.2, 0) is 4.79 Å². The Kier molecular flexibility index (Phi) is 6.84. The molecule has 1 amide bonds. The first kappa shape index (κ1) is 16.5. The highest BCUT2D eigenvalue weighted by atomic mass is 16.1. The van der Waals surface area contributed by atoms with Gasteiger partial charge in [0.25, 0.3) is 0 Å². The first-order valence-corrected chi connectivity index (χ1v) is 8.11. The normalized spacial score (nSPS) is 24.2. The van der Waals surface area contributed by atoms with Crippen molar-refractivity contribution in [3.05, 3.63) is 0 Å². The Hall–Kier alpha value is -0.570. The molecule has 0 heterocycles. The van der Waals surface area contributed by atoms with Crippen LogP contribution in [0.3, 0.4) is 0 Å². The molecule has 3 nitrogen and oxygen atoms in total. The minimum absolute atomic E-state index is 0.0139. The van der Waals surface area contributed by atoms with E-state index < -0.39 is 0 Å². The van der Waals surface area contributed by atoms with E-state index in [1.165, 1.54) is 12.8 Å². The summed E-state index contributed by atoms with van der Waals surface area (Å²) in [5.74, 6) is 0.887. The lowest BCUT2D eigenvalue weighted by atomic mass is 9.83. The van der Waals surface area contributed by atoms with Gasteiger partial charge >= 0.3 is 0 Å². The molecule has 0 saturated heterocycles. The summed E-state index contributed by atoms with van der Waals surface area (Å²) in [5, 5.41) is 3.26. The largest absolute Gasteiger partial charge is 0.351 e. The third kappa shape index (κ3) is 5.13. The zero-order valence-corrected chi connectivity index (χ0v) is 13.0. The second-order valence-corrected chi connectivity index (χ2v) is 6.22. The van der Waals surface area contributed by atoms with Crippen LogP contribution in [-0.4, -0.2) is 17.5 Å². The molecule has 1 aliphatic rings. The molecular formula is C16H32N2O. The maximum atomic E-state index is 12.1. The molecule has 0 aromatic rings. The second kappa shape index (κ2) is 7.88. The van der Waals surface area contributed by atoms with Crippen molar-refractivity contribution in [1.29, 1.82) is 0 Å². The van der Waals surface area contributed by atoms with Crippen LogP contribution >= 0.6 is 0 Å². The van der Waals surface area contributed by atoms with Crippen LogP contribution in [0.1, 0.15) is 78.6 Å². The van der Waals surface area contributed by atoms with E-state index >= 15 is 0 Å². The van der Waals surface area contributed by atoms with Gasteiger partial charge in [0.15, 0.2) is 0 Å². The lowest BCUT2D eigenvalue weighted by Gasteiger charge is -2.32. The molecule has 0 aromatic carbocycles. The van der Waals surface area contributed by atoms with Gasteiger partial charge in [-0.1, -0.05) is 33.6 Å². The first-order valence-electron chi connectivity index (χ1n) is 8.11. The number of hydrogen-bond donors (Lipinski definition) is 2. The molecular weight excluding hydrogens is 236 g/mol. The van der Waals surface area contributed by atoms with Crippen molar-refractivity contribution in [3.8, 4) is 0 Å². The van der Waals surface area contributed by atoms with Gasteiger partial charge in [-0.15, -0.1) is 0 Å². The molecule has 0 aromatic heterocycles. The van der Waals surface area contributed by atoms with E-state index in [1.54, 1.807) is 0 Å². The molecule has 0 radical (unpaired) electrons. The van der Waals surface area contributed by atoms with Crippen LogP contribution in [0.2, 0.25) is 0 Å². The lowest BCUT2D eigenvalue weighted by Crippen LogP contribution is -2.47. The monoisotopic (exact) mass is 268 g/mol. The van der Waals surface area contributed by atoms with E-state index in [1.807, 2.05) is 0 Å². The van der Waals surface area contributed by atoms with Crippen molar-refractivity contribution in [3.63, 3.8) is 0 Å². The topological polar surface area (TPSA) is 55.1 Å². The molecule has 1 rings (SSSR count). The minimum Gasteiger partial charge on any atom is -0.351 e. The van der Waals surface area contributed by atoms with Crippen molar-refractivity contribution < 1.29 is 4.79 Å². The molecule has 1 fully saturated rings. The van der Waals surface area contributed by atoms with E-state index in [4.69, 9.17) is 5.73 Å². The SMILES string of the molecule is CCC(CC)(CC)NC(=O)CCC1CCCC(N)C1. The number of nitrogens with two attached hydrogens (primary N) is 1. The predicted octanol–water partition coefficient (Wildman–Crippen LogP) is 3.37. The van der Waals surface area contributed by atoms with Crippen molar-refractivity contribution >= 4 is 5.91 Å². The minimum atomic E-state index is 0.0139. The molecule has 0 bridgehead atoms. The number of rotatable bonds is 7. The van der Waals surface area contributed by atoms with Gasteiger partial charge in [-0.05, 0) is 44.4 Å². The van der Waals surface area contributed by atoms with Gasteiger partial charge < -0.3 is 11.1 Å². The summed E-state index contributed by atoms with van der Waals surface area (Å²) in [6.07, 6.45) is 9.46. The Bertz CT molecular complexity index is 266. The van der Waals surface area contributed by atoms with Crippen LogP contribution in [0.25, 0.3) is 0 Å². The zero-order chi connectivity index (χ0) is 14.3. The first-order chi connectivity index (χ1) is 9.05. The summed E-state index contributed by atoms with van der Waals surface area (Å²) in [6, 6.07) is 0.364. The third-order valence-electron chi connectivity index (χ3n) is 5.04. The van der Waals surface area contributed by atoms with Crippen LogP contribution < -0.4 is 11.1 Å². The summed E-state index contributed by atoms with van der Waals surface area (Å²) in [5.41, 5.74) is 6.01. The Morgan fingerprint density at radius 3 is 2.37 bits per heavy atom. The zero-order valence-electron chi connectivity index (χ0n) is 13.0. The number of carbonyl (C=O) groups excluding carboxylic acids is 1. The molecule has 1 aliphatic carbocycles. The quantitative estimate of drug-likeness (QED) is 0.744. The van der Waals surface area contributed by atoms with Gasteiger partial charge in [0.1, 0.15) is 0 Å². The molecule has 0 aliphatic heterocycles. The summed E-state index contributed by atoms with van der Waals surface area (Å²) in [6.45, 7) is 6.48. The summed E-state index contributed by atoms with van der Waals surface area (Å²) >= 11 is 0. The highest BCUT2D eigenvalue weighted by molar-refractivity contribution is 5.76. The van der Waals surface area contributed by atoms with Crippen LogP contribution in [0, 0.1) is 5.92 Å². The second-order valence-electron chi connectivity index (χ2n) is 6.22. The molecule has 0 spiro atoms. The molecule has 2 atom stereocenters.